The molecule has 0 bridgehead atoms. The highest BCUT2D eigenvalue weighted by molar-refractivity contribution is 6.37. The van der Waals surface area contributed by atoms with Gasteiger partial charge in [-0.2, -0.15) is 5.26 Å². The summed E-state index contributed by atoms with van der Waals surface area (Å²) in [6, 6.07) is 16.2. The Kier molecular flexibility index (Phi) is 4.68. The number of hydrogen-bond acceptors (Lipinski definition) is 3. The Morgan fingerprint density at radius 1 is 1.23 bits per heavy atom. The molecule has 0 spiro atoms. The van der Waals surface area contributed by atoms with Gasteiger partial charge in [0.1, 0.15) is 11.6 Å². The van der Waals surface area contributed by atoms with E-state index >= 15 is 0 Å². The van der Waals surface area contributed by atoms with Crippen LogP contribution in [0.5, 0.6) is 0 Å². The summed E-state index contributed by atoms with van der Waals surface area (Å²) in [5.41, 5.74) is 2.79. The van der Waals surface area contributed by atoms with Crippen LogP contribution in [0.25, 0.3) is 5.57 Å². The highest BCUT2D eigenvalue weighted by Crippen LogP contribution is 2.38. The summed E-state index contributed by atoms with van der Waals surface area (Å²) in [6.07, 6.45) is 1.61. The normalized spacial score (nSPS) is 14.5. The Bertz CT molecular complexity index is 965. The predicted molar refractivity (Wildman–Crippen MR) is 101 cm³/mol. The summed E-state index contributed by atoms with van der Waals surface area (Å²) >= 11 is 0. The molecular formula is C21H17N3O2. The molecule has 0 atom stereocenters. The van der Waals surface area contributed by atoms with Gasteiger partial charge in [0.2, 0.25) is 0 Å². The fourth-order valence-electron chi connectivity index (χ4n) is 2.88. The predicted octanol–water partition coefficient (Wildman–Crippen LogP) is 3.44. The number of carbonyl (C=O) groups excluding carboxylic acids is 2. The average Bonchev–Trinajstić information content (AvgIpc) is 2.91. The molecule has 3 rings (SSSR count). The van der Waals surface area contributed by atoms with Gasteiger partial charge in [-0.15, -0.1) is 6.58 Å². The first-order valence-corrected chi connectivity index (χ1v) is 8.11. The van der Waals surface area contributed by atoms with Crippen molar-refractivity contribution >= 4 is 28.8 Å². The van der Waals surface area contributed by atoms with Crippen LogP contribution in [0.15, 0.2) is 66.8 Å². The van der Waals surface area contributed by atoms with E-state index in [0.717, 1.165) is 5.56 Å². The third-order valence-corrected chi connectivity index (χ3v) is 4.13. The number of para-hydroxylation sites is 1. The first-order valence-electron chi connectivity index (χ1n) is 8.11. The number of rotatable bonds is 4. The molecule has 1 aliphatic heterocycles. The first kappa shape index (κ1) is 17.2. The molecule has 2 amide bonds. The van der Waals surface area contributed by atoms with Gasteiger partial charge in [-0.25, -0.2) is 0 Å². The molecule has 0 saturated carbocycles. The van der Waals surface area contributed by atoms with Crippen molar-refractivity contribution < 1.29 is 9.59 Å². The van der Waals surface area contributed by atoms with E-state index in [1.54, 1.807) is 36.4 Å². The van der Waals surface area contributed by atoms with Gasteiger partial charge >= 0.3 is 0 Å². The van der Waals surface area contributed by atoms with Gasteiger partial charge in [0.25, 0.3) is 11.8 Å². The summed E-state index contributed by atoms with van der Waals surface area (Å²) < 4.78 is 0. The minimum Gasteiger partial charge on any atom is -0.321 e. The molecule has 0 fully saturated rings. The van der Waals surface area contributed by atoms with E-state index < -0.39 is 5.91 Å². The SMILES string of the molecule is C=CCN1C(=O)/C(=C(\C#N)C(=O)Nc2ccc(C)cc2)c2ccccc21. The standard InChI is InChI=1S/C21H17N3O2/c1-3-12-24-18-7-5-4-6-16(18)19(21(24)26)17(13-22)20(25)23-15-10-8-14(2)9-11-15/h3-11H,1,12H2,2H3,(H,23,25)/b19-17+. The van der Waals surface area contributed by atoms with Crippen molar-refractivity contribution in [2.24, 2.45) is 0 Å². The third kappa shape index (κ3) is 3.01. The highest BCUT2D eigenvalue weighted by Gasteiger charge is 2.35. The van der Waals surface area contributed by atoms with Gasteiger partial charge in [-0.3, -0.25) is 9.59 Å². The van der Waals surface area contributed by atoms with Gasteiger partial charge in [-0.05, 0) is 25.1 Å². The van der Waals surface area contributed by atoms with Crippen LogP contribution < -0.4 is 10.2 Å². The van der Waals surface area contributed by atoms with E-state index in [0.29, 0.717) is 23.5 Å². The minimum atomic E-state index is -0.602. The summed E-state index contributed by atoms with van der Waals surface area (Å²) in [4.78, 5) is 27.0. The summed E-state index contributed by atoms with van der Waals surface area (Å²) in [6.45, 7) is 5.91. The van der Waals surface area contributed by atoms with Gasteiger partial charge in [-0.1, -0.05) is 42.0 Å². The quantitative estimate of drug-likeness (QED) is 0.525. The van der Waals surface area contributed by atoms with Crippen LogP contribution in [-0.2, 0) is 9.59 Å². The lowest BCUT2D eigenvalue weighted by Gasteiger charge is -2.14. The second-order valence-electron chi connectivity index (χ2n) is 5.90. The molecule has 5 nitrogen and oxygen atoms in total. The summed E-state index contributed by atoms with van der Waals surface area (Å²) in [5.74, 6) is -0.975. The molecule has 26 heavy (non-hydrogen) atoms. The van der Waals surface area contributed by atoms with Crippen molar-refractivity contribution in [3.05, 3.63) is 77.9 Å². The lowest BCUT2D eigenvalue weighted by atomic mass is 10.0. The number of fused-ring (bicyclic) bond motifs is 1. The molecule has 1 heterocycles. The molecule has 5 heteroatoms. The first-order chi connectivity index (χ1) is 12.6. The molecule has 0 radical (unpaired) electrons. The van der Waals surface area contributed by atoms with E-state index in [1.807, 2.05) is 31.2 Å². The van der Waals surface area contributed by atoms with Gasteiger partial charge < -0.3 is 10.2 Å². The second kappa shape index (κ2) is 7.08. The van der Waals surface area contributed by atoms with Crippen molar-refractivity contribution in [3.63, 3.8) is 0 Å². The maximum absolute atomic E-state index is 12.8. The molecule has 1 N–H and O–H groups in total. The molecule has 0 unspecified atom stereocenters. The molecule has 0 saturated heterocycles. The van der Waals surface area contributed by atoms with Crippen molar-refractivity contribution in [1.29, 1.82) is 5.26 Å². The Labute approximate surface area is 151 Å². The molecular weight excluding hydrogens is 326 g/mol. The summed E-state index contributed by atoms with van der Waals surface area (Å²) in [7, 11) is 0. The van der Waals surface area contributed by atoms with Gasteiger partial charge in [0.15, 0.2) is 0 Å². The summed E-state index contributed by atoms with van der Waals surface area (Å²) in [5, 5.41) is 12.3. The number of carbonyl (C=O) groups is 2. The minimum absolute atomic E-state index is 0.120. The lowest BCUT2D eigenvalue weighted by Crippen LogP contribution is -2.27. The zero-order valence-electron chi connectivity index (χ0n) is 14.3. The number of hydrogen-bond donors (Lipinski definition) is 1. The van der Waals surface area contributed by atoms with E-state index in [2.05, 4.69) is 11.9 Å². The van der Waals surface area contributed by atoms with E-state index in [-0.39, 0.29) is 17.1 Å². The number of nitriles is 1. The monoisotopic (exact) mass is 343 g/mol. The molecule has 1 aliphatic rings. The van der Waals surface area contributed by atoms with Crippen molar-refractivity contribution in [2.75, 3.05) is 16.8 Å². The average molecular weight is 343 g/mol. The highest BCUT2D eigenvalue weighted by atomic mass is 16.2. The fraction of sp³-hybridized carbons (Fsp3) is 0.0952. The van der Waals surface area contributed by atoms with Gasteiger partial charge in [0, 0.05) is 17.8 Å². The maximum Gasteiger partial charge on any atom is 0.267 e. The molecule has 128 valence electrons. The Morgan fingerprint density at radius 3 is 2.58 bits per heavy atom. The smallest absolute Gasteiger partial charge is 0.267 e. The van der Waals surface area contributed by atoms with Crippen molar-refractivity contribution in [3.8, 4) is 6.07 Å². The largest absolute Gasteiger partial charge is 0.321 e. The number of nitrogens with zero attached hydrogens (tertiary/aromatic N) is 2. The Morgan fingerprint density at radius 2 is 1.92 bits per heavy atom. The van der Waals surface area contributed by atoms with Crippen molar-refractivity contribution in [1.82, 2.24) is 0 Å². The second-order valence-corrected chi connectivity index (χ2v) is 5.90. The van der Waals surface area contributed by atoms with Crippen LogP contribution in [-0.4, -0.2) is 18.4 Å². The zero-order chi connectivity index (χ0) is 18.7. The third-order valence-electron chi connectivity index (χ3n) is 4.13. The van der Waals surface area contributed by atoms with E-state index in [9.17, 15) is 14.9 Å². The molecule has 2 aromatic rings. The number of aryl methyl sites for hydroxylation is 1. The van der Waals surface area contributed by atoms with Crippen LogP contribution in [0.1, 0.15) is 11.1 Å². The fourth-order valence-corrected chi connectivity index (χ4v) is 2.88. The lowest BCUT2D eigenvalue weighted by molar-refractivity contribution is -0.114. The Hall–Kier alpha value is -3.65. The molecule has 2 aromatic carbocycles. The maximum atomic E-state index is 12.8. The van der Waals surface area contributed by atoms with Crippen LogP contribution in [0, 0.1) is 18.3 Å². The number of nitrogens with one attached hydrogen (secondary N) is 1. The van der Waals surface area contributed by atoms with Crippen LogP contribution in [0.4, 0.5) is 11.4 Å². The number of amides is 2. The van der Waals surface area contributed by atoms with E-state index in [1.165, 1.54) is 4.90 Å². The number of benzene rings is 2. The number of anilines is 2. The van der Waals surface area contributed by atoms with Crippen LogP contribution in [0.2, 0.25) is 0 Å². The molecule has 0 aliphatic carbocycles. The van der Waals surface area contributed by atoms with Crippen molar-refractivity contribution in [2.45, 2.75) is 6.92 Å². The molecule has 0 aromatic heterocycles. The van der Waals surface area contributed by atoms with Gasteiger partial charge in [0.05, 0.1) is 11.3 Å². The van der Waals surface area contributed by atoms with Crippen LogP contribution in [0.3, 0.4) is 0 Å². The zero-order valence-corrected chi connectivity index (χ0v) is 14.3. The van der Waals surface area contributed by atoms with E-state index in [4.69, 9.17) is 0 Å². The Balaban J connectivity index is 2.04. The topological polar surface area (TPSA) is 73.2 Å². The van der Waals surface area contributed by atoms with Crippen LogP contribution >= 0.6 is 0 Å².